The van der Waals surface area contributed by atoms with E-state index in [2.05, 4.69) is 0 Å². The molecule has 0 unspecified atom stereocenters. The van der Waals surface area contributed by atoms with E-state index < -0.39 is 10.1 Å². The van der Waals surface area contributed by atoms with Gasteiger partial charge in [-0.3, -0.25) is 4.79 Å². The number of carbonyl (C=O) groups excluding carboxylic acids is 1. The summed E-state index contributed by atoms with van der Waals surface area (Å²) in [4.78, 5) is 13.4. The smallest absolute Gasteiger partial charge is 0.306 e. The Morgan fingerprint density at radius 3 is 2.29 bits per heavy atom. The zero-order valence-electron chi connectivity index (χ0n) is 13.4. The van der Waals surface area contributed by atoms with Crippen LogP contribution in [0.15, 0.2) is 48.5 Å². The topological polar surface area (TPSA) is 63.7 Å². The first-order valence-electron chi connectivity index (χ1n) is 7.22. The lowest BCUT2D eigenvalue weighted by molar-refractivity contribution is -0.130. The van der Waals surface area contributed by atoms with Crippen LogP contribution in [0.3, 0.4) is 0 Å². The summed E-state index contributed by atoms with van der Waals surface area (Å²) in [6.07, 6.45) is 0.963. The molecule has 2 aromatic rings. The summed E-state index contributed by atoms with van der Waals surface area (Å²) in [6.45, 7) is 1.88. The monoisotopic (exact) mass is 351 g/mol. The summed E-state index contributed by atoms with van der Waals surface area (Å²) in [6, 6.07) is 12.5. The molecule has 128 valence electrons. The van der Waals surface area contributed by atoms with Crippen LogP contribution in [0.5, 0.6) is 5.75 Å². The maximum atomic E-state index is 13.0. The Balaban J connectivity index is 2.22. The minimum absolute atomic E-state index is 0.179. The Morgan fingerprint density at radius 2 is 1.71 bits per heavy atom. The predicted molar refractivity (Wildman–Crippen MR) is 88.2 cm³/mol. The van der Waals surface area contributed by atoms with Gasteiger partial charge in [0.25, 0.3) is 0 Å². The van der Waals surface area contributed by atoms with Gasteiger partial charge in [0, 0.05) is 25.6 Å². The minimum Gasteiger partial charge on any atom is -0.382 e. The third-order valence-electron chi connectivity index (χ3n) is 3.31. The van der Waals surface area contributed by atoms with E-state index in [-0.39, 0.29) is 30.6 Å². The molecule has 0 aromatic heterocycles. The van der Waals surface area contributed by atoms with Crippen molar-refractivity contribution in [1.29, 1.82) is 0 Å². The number of carbonyl (C=O) groups is 1. The van der Waals surface area contributed by atoms with Crippen molar-refractivity contribution >= 4 is 16.0 Å². The summed E-state index contributed by atoms with van der Waals surface area (Å²) in [7, 11) is -3.66. The normalized spacial score (nSPS) is 11.1. The van der Waals surface area contributed by atoms with Crippen molar-refractivity contribution in [3.05, 3.63) is 65.5 Å². The Kier molecular flexibility index (Phi) is 5.56. The standard InChI is InChI=1S/C17H18FNO4S/c1-13(20)19(11-14-7-9-16(18)10-8-14)12-15-5-3-4-6-17(15)23-24(2,21)22/h3-10H,11-12H2,1-2H3. The highest BCUT2D eigenvalue weighted by atomic mass is 32.2. The van der Waals surface area contributed by atoms with Crippen LogP contribution in [0, 0.1) is 5.82 Å². The molecule has 0 aliphatic rings. The first-order valence-corrected chi connectivity index (χ1v) is 9.03. The van der Waals surface area contributed by atoms with Crippen molar-refractivity contribution in [2.24, 2.45) is 0 Å². The Labute approximate surface area is 140 Å². The van der Waals surface area contributed by atoms with Gasteiger partial charge in [-0.15, -0.1) is 0 Å². The van der Waals surface area contributed by atoms with Crippen molar-refractivity contribution in [3.8, 4) is 5.75 Å². The van der Waals surface area contributed by atoms with E-state index in [0.29, 0.717) is 5.56 Å². The molecule has 0 atom stereocenters. The summed E-state index contributed by atoms with van der Waals surface area (Å²) < 4.78 is 40.7. The molecule has 0 spiro atoms. The molecule has 0 radical (unpaired) electrons. The second kappa shape index (κ2) is 7.44. The van der Waals surface area contributed by atoms with Crippen LogP contribution in [0.25, 0.3) is 0 Å². The molecule has 24 heavy (non-hydrogen) atoms. The molecule has 0 bridgehead atoms. The molecule has 0 fully saturated rings. The van der Waals surface area contributed by atoms with Gasteiger partial charge < -0.3 is 9.08 Å². The molecular weight excluding hydrogens is 333 g/mol. The van der Waals surface area contributed by atoms with Crippen molar-refractivity contribution in [1.82, 2.24) is 4.90 Å². The van der Waals surface area contributed by atoms with Crippen LogP contribution in [-0.2, 0) is 28.0 Å². The number of para-hydroxylation sites is 1. The first kappa shape index (κ1) is 17.9. The third-order valence-corrected chi connectivity index (χ3v) is 3.79. The molecule has 1 amide bonds. The highest BCUT2D eigenvalue weighted by Gasteiger charge is 2.15. The van der Waals surface area contributed by atoms with E-state index in [4.69, 9.17) is 4.18 Å². The number of halogens is 1. The lowest BCUT2D eigenvalue weighted by Crippen LogP contribution is -2.28. The van der Waals surface area contributed by atoms with Gasteiger partial charge >= 0.3 is 10.1 Å². The second-order valence-corrected chi connectivity index (χ2v) is 6.97. The van der Waals surface area contributed by atoms with Gasteiger partial charge in [-0.1, -0.05) is 30.3 Å². The summed E-state index contributed by atoms with van der Waals surface area (Å²) >= 11 is 0. The lowest BCUT2D eigenvalue weighted by Gasteiger charge is -2.22. The Morgan fingerprint density at radius 1 is 1.08 bits per heavy atom. The summed E-state index contributed by atoms with van der Waals surface area (Å²) in [5, 5.41) is 0. The van der Waals surface area contributed by atoms with Gasteiger partial charge in [-0.25, -0.2) is 4.39 Å². The number of hydrogen-bond donors (Lipinski definition) is 0. The van der Waals surface area contributed by atoms with E-state index >= 15 is 0 Å². The van der Waals surface area contributed by atoms with E-state index in [0.717, 1.165) is 11.8 Å². The second-order valence-electron chi connectivity index (χ2n) is 5.40. The summed E-state index contributed by atoms with van der Waals surface area (Å²) in [5.41, 5.74) is 1.34. The average Bonchev–Trinajstić information content (AvgIpc) is 2.49. The van der Waals surface area contributed by atoms with Crippen LogP contribution >= 0.6 is 0 Å². The largest absolute Gasteiger partial charge is 0.382 e. The zero-order chi connectivity index (χ0) is 17.7. The number of amides is 1. The fourth-order valence-electron chi connectivity index (χ4n) is 2.17. The SMILES string of the molecule is CC(=O)N(Cc1ccc(F)cc1)Cc1ccccc1OS(C)(=O)=O. The maximum absolute atomic E-state index is 13.0. The van der Waals surface area contributed by atoms with E-state index in [1.165, 1.54) is 30.0 Å². The molecule has 5 nitrogen and oxygen atoms in total. The molecule has 7 heteroatoms. The van der Waals surface area contributed by atoms with Gasteiger partial charge in [-0.05, 0) is 23.8 Å². The van der Waals surface area contributed by atoms with Crippen molar-refractivity contribution in [3.63, 3.8) is 0 Å². The van der Waals surface area contributed by atoms with Gasteiger partial charge in [0.05, 0.1) is 6.26 Å². The van der Waals surface area contributed by atoms with Gasteiger partial charge in [0.15, 0.2) is 0 Å². The quantitative estimate of drug-likeness (QED) is 0.751. The van der Waals surface area contributed by atoms with Crippen molar-refractivity contribution < 1.29 is 21.8 Å². The average molecular weight is 351 g/mol. The van der Waals surface area contributed by atoms with Crippen molar-refractivity contribution in [2.45, 2.75) is 20.0 Å². The number of benzene rings is 2. The fourth-order valence-corrected chi connectivity index (χ4v) is 2.66. The van der Waals surface area contributed by atoms with Gasteiger partial charge in [0.2, 0.25) is 5.91 Å². The van der Waals surface area contributed by atoms with E-state index in [9.17, 15) is 17.6 Å². The molecule has 0 N–H and O–H groups in total. The molecule has 2 aromatic carbocycles. The molecule has 0 heterocycles. The highest BCUT2D eigenvalue weighted by molar-refractivity contribution is 7.86. The highest BCUT2D eigenvalue weighted by Crippen LogP contribution is 2.22. The first-order chi connectivity index (χ1) is 11.2. The van der Waals surface area contributed by atoms with Crippen molar-refractivity contribution in [2.75, 3.05) is 6.26 Å². The van der Waals surface area contributed by atoms with Gasteiger partial charge in [-0.2, -0.15) is 8.42 Å². The molecule has 0 saturated heterocycles. The Hall–Kier alpha value is -2.41. The number of nitrogens with zero attached hydrogens (tertiary/aromatic N) is 1. The van der Waals surface area contributed by atoms with E-state index in [1.54, 1.807) is 30.3 Å². The van der Waals surface area contributed by atoms with Gasteiger partial charge in [0.1, 0.15) is 11.6 Å². The molecular formula is C17H18FNO4S. The predicted octanol–water partition coefficient (Wildman–Crippen LogP) is 2.71. The minimum atomic E-state index is -3.66. The molecule has 0 saturated carbocycles. The Bertz CT molecular complexity index is 819. The third kappa shape index (κ3) is 5.34. The zero-order valence-corrected chi connectivity index (χ0v) is 14.2. The summed E-state index contributed by atoms with van der Waals surface area (Å²) in [5.74, 6) is -0.348. The van der Waals surface area contributed by atoms with Crippen LogP contribution in [0.4, 0.5) is 4.39 Å². The van der Waals surface area contributed by atoms with Crippen LogP contribution in [0.1, 0.15) is 18.1 Å². The maximum Gasteiger partial charge on any atom is 0.306 e. The van der Waals surface area contributed by atoms with Crippen LogP contribution < -0.4 is 4.18 Å². The van der Waals surface area contributed by atoms with E-state index in [1.807, 2.05) is 0 Å². The number of hydrogen-bond acceptors (Lipinski definition) is 4. The van der Waals surface area contributed by atoms with Crippen LogP contribution in [-0.4, -0.2) is 25.5 Å². The number of rotatable bonds is 6. The molecule has 0 aliphatic carbocycles. The molecule has 2 rings (SSSR count). The fraction of sp³-hybridized carbons (Fsp3) is 0.235. The lowest BCUT2D eigenvalue weighted by atomic mass is 10.1. The van der Waals surface area contributed by atoms with Crippen LogP contribution in [0.2, 0.25) is 0 Å². The molecule has 0 aliphatic heterocycles.